The zero-order valence-electron chi connectivity index (χ0n) is 19.9. The van der Waals surface area contributed by atoms with E-state index < -0.39 is 0 Å². The Bertz CT molecular complexity index is 972. The molecule has 1 heterocycles. The van der Waals surface area contributed by atoms with E-state index in [1.807, 2.05) is 35.2 Å². The van der Waals surface area contributed by atoms with Crippen LogP contribution in [-0.4, -0.2) is 66.9 Å². The molecule has 3 rings (SSSR count). The fourth-order valence-corrected chi connectivity index (χ4v) is 3.67. The van der Waals surface area contributed by atoms with E-state index in [4.69, 9.17) is 9.47 Å². The monoisotopic (exact) mass is 467 g/mol. The normalized spacial score (nSPS) is 13.9. The first-order chi connectivity index (χ1) is 16.5. The van der Waals surface area contributed by atoms with E-state index in [9.17, 15) is 14.4 Å². The van der Waals surface area contributed by atoms with Gasteiger partial charge >= 0.3 is 6.09 Å². The quantitative estimate of drug-likeness (QED) is 0.420. The second kappa shape index (κ2) is 12.7. The van der Waals surface area contributed by atoms with Crippen molar-refractivity contribution in [2.75, 3.05) is 44.6 Å². The number of amides is 2. The van der Waals surface area contributed by atoms with E-state index in [0.717, 1.165) is 18.4 Å². The van der Waals surface area contributed by atoms with Gasteiger partial charge in [0.15, 0.2) is 5.78 Å². The molecule has 0 unspecified atom stereocenters. The molecule has 1 aliphatic heterocycles. The number of hydrogen-bond donors (Lipinski definition) is 1. The fourth-order valence-electron chi connectivity index (χ4n) is 3.67. The number of ether oxygens (including phenoxy) is 2. The van der Waals surface area contributed by atoms with Crippen molar-refractivity contribution in [2.45, 2.75) is 33.3 Å². The number of rotatable bonds is 10. The molecule has 0 atom stereocenters. The van der Waals surface area contributed by atoms with Crippen LogP contribution in [-0.2, 0) is 16.1 Å². The number of benzene rings is 2. The van der Waals surface area contributed by atoms with Gasteiger partial charge in [0, 0.05) is 44.9 Å². The first-order valence-corrected chi connectivity index (χ1v) is 11.7. The van der Waals surface area contributed by atoms with Gasteiger partial charge in [-0.2, -0.15) is 0 Å². The molecule has 2 aromatic rings. The lowest BCUT2D eigenvalue weighted by Crippen LogP contribution is -2.50. The van der Waals surface area contributed by atoms with Crippen molar-refractivity contribution in [3.63, 3.8) is 0 Å². The molecular formula is C26H33N3O5. The molecule has 0 saturated carbocycles. The number of hydrogen-bond acceptors (Lipinski definition) is 6. The second-order valence-corrected chi connectivity index (χ2v) is 8.32. The van der Waals surface area contributed by atoms with Crippen molar-refractivity contribution in [3.8, 4) is 5.75 Å². The number of ketones is 1. The minimum absolute atomic E-state index is 0.0547. The molecule has 8 nitrogen and oxygen atoms in total. The standard InChI is InChI=1S/C26H33N3O5/c1-3-4-16-33-25-17-22(27-20(2)30)10-11-23(25)24(31)18-28-12-14-29(15-13-28)26(32)34-19-21-8-6-5-7-9-21/h5-11,17H,3-4,12-16,18-19H2,1-2H3,(H,27,30). The SMILES string of the molecule is CCCCOc1cc(NC(C)=O)ccc1C(=O)CN1CCN(C(=O)OCc2ccccc2)CC1. The summed E-state index contributed by atoms with van der Waals surface area (Å²) in [7, 11) is 0. The number of carbonyl (C=O) groups excluding carboxylic acids is 3. The lowest BCUT2D eigenvalue weighted by Gasteiger charge is -2.33. The Morgan fingerprint density at radius 2 is 1.74 bits per heavy atom. The molecule has 0 bridgehead atoms. The van der Waals surface area contributed by atoms with Gasteiger partial charge in [0.2, 0.25) is 5.91 Å². The van der Waals surface area contributed by atoms with Crippen LogP contribution in [0, 0.1) is 0 Å². The topological polar surface area (TPSA) is 88.2 Å². The van der Waals surface area contributed by atoms with E-state index >= 15 is 0 Å². The lowest BCUT2D eigenvalue weighted by molar-refractivity contribution is -0.114. The van der Waals surface area contributed by atoms with Crippen molar-refractivity contribution in [1.82, 2.24) is 9.80 Å². The van der Waals surface area contributed by atoms with E-state index in [0.29, 0.717) is 49.8 Å². The zero-order valence-corrected chi connectivity index (χ0v) is 19.9. The number of unbranched alkanes of at least 4 members (excludes halogenated alkanes) is 1. The molecule has 0 aromatic heterocycles. The van der Waals surface area contributed by atoms with Crippen LogP contribution in [0.15, 0.2) is 48.5 Å². The molecule has 1 fully saturated rings. The average molecular weight is 468 g/mol. The maximum Gasteiger partial charge on any atom is 0.410 e. The average Bonchev–Trinajstić information content (AvgIpc) is 2.83. The number of Topliss-reactive ketones (excluding diaryl/α,β-unsaturated/α-hetero) is 1. The van der Waals surface area contributed by atoms with Gasteiger partial charge in [-0.1, -0.05) is 43.7 Å². The van der Waals surface area contributed by atoms with Crippen molar-refractivity contribution in [1.29, 1.82) is 0 Å². The van der Waals surface area contributed by atoms with E-state index in [2.05, 4.69) is 12.2 Å². The number of carbonyl (C=O) groups is 3. The van der Waals surface area contributed by atoms with Crippen molar-refractivity contribution >= 4 is 23.5 Å². The van der Waals surface area contributed by atoms with Crippen LogP contribution < -0.4 is 10.1 Å². The van der Waals surface area contributed by atoms with E-state index in [1.54, 1.807) is 23.1 Å². The minimum atomic E-state index is -0.338. The summed E-state index contributed by atoms with van der Waals surface area (Å²) in [4.78, 5) is 40.5. The van der Waals surface area contributed by atoms with Gasteiger partial charge in [0.05, 0.1) is 18.7 Å². The Morgan fingerprint density at radius 1 is 1.00 bits per heavy atom. The lowest BCUT2D eigenvalue weighted by atomic mass is 10.1. The van der Waals surface area contributed by atoms with Gasteiger partial charge in [0.1, 0.15) is 12.4 Å². The molecule has 0 spiro atoms. The Morgan fingerprint density at radius 3 is 2.41 bits per heavy atom. The summed E-state index contributed by atoms with van der Waals surface area (Å²) in [5, 5.41) is 2.73. The van der Waals surface area contributed by atoms with Crippen LogP contribution in [0.2, 0.25) is 0 Å². The predicted octanol–water partition coefficient (Wildman–Crippen LogP) is 3.96. The summed E-state index contributed by atoms with van der Waals surface area (Å²) in [5.74, 6) is 0.243. The Hall–Kier alpha value is -3.39. The Balaban J connectivity index is 1.53. The highest BCUT2D eigenvalue weighted by atomic mass is 16.6. The molecular weight excluding hydrogens is 434 g/mol. The second-order valence-electron chi connectivity index (χ2n) is 8.32. The fraction of sp³-hybridized carbons (Fsp3) is 0.423. The number of anilines is 1. The zero-order chi connectivity index (χ0) is 24.3. The van der Waals surface area contributed by atoms with Gasteiger partial charge in [-0.25, -0.2) is 4.79 Å². The molecule has 2 amide bonds. The molecule has 8 heteroatoms. The van der Waals surface area contributed by atoms with E-state index in [1.165, 1.54) is 6.92 Å². The van der Waals surface area contributed by atoms with Crippen molar-refractivity contribution < 1.29 is 23.9 Å². The van der Waals surface area contributed by atoms with Crippen LogP contribution in [0.5, 0.6) is 5.75 Å². The first-order valence-electron chi connectivity index (χ1n) is 11.7. The van der Waals surface area contributed by atoms with Gasteiger partial charge in [-0.15, -0.1) is 0 Å². The third-order valence-electron chi connectivity index (χ3n) is 5.56. The maximum atomic E-state index is 13.1. The highest BCUT2D eigenvalue weighted by molar-refractivity contribution is 6.01. The predicted molar refractivity (Wildman–Crippen MR) is 130 cm³/mol. The minimum Gasteiger partial charge on any atom is -0.493 e. The molecule has 1 aliphatic rings. The largest absolute Gasteiger partial charge is 0.493 e. The molecule has 0 aliphatic carbocycles. The van der Waals surface area contributed by atoms with Crippen molar-refractivity contribution in [3.05, 3.63) is 59.7 Å². The van der Waals surface area contributed by atoms with Gasteiger partial charge in [-0.3, -0.25) is 14.5 Å². The highest BCUT2D eigenvalue weighted by Crippen LogP contribution is 2.25. The third-order valence-corrected chi connectivity index (χ3v) is 5.56. The highest BCUT2D eigenvalue weighted by Gasteiger charge is 2.25. The number of nitrogens with one attached hydrogen (secondary N) is 1. The van der Waals surface area contributed by atoms with Crippen LogP contribution in [0.3, 0.4) is 0 Å². The third kappa shape index (κ3) is 7.59. The summed E-state index contributed by atoms with van der Waals surface area (Å²) in [6.07, 6.45) is 1.52. The molecule has 182 valence electrons. The van der Waals surface area contributed by atoms with Crippen LogP contribution in [0.4, 0.5) is 10.5 Å². The summed E-state index contributed by atoms with van der Waals surface area (Å²) in [5.41, 5.74) is 2.04. The Labute approximate surface area is 200 Å². The van der Waals surface area contributed by atoms with Gasteiger partial charge in [0.25, 0.3) is 0 Å². The summed E-state index contributed by atoms with van der Waals surface area (Å²) in [6.45, 7) is 6.66. The van der Waals surface area contributed by atoms with Crippen LogP contribution in [0.1, 0.15) is 42.6 Å². The summed E-state index contributed by atoms with van der Waals surface area (Å²) in [6, 6.07) is 14.7. The van der Waals surface area contributed by atoms with Crippen LogP contribution >= 0.6 is 0 Å². The molecule has 1 saturated heterocycles. The van der Waals surface area contributed by atoms with E-state index in [-0.39, 0.29) is 30.9 Å². The van der Waals surface area contributed by atoms with Gasteiger partial charge < -0.3 is 19.7 Å². The Kier molecular flexibility index (Phi) is 9.46. The molecule has 1 N–H and O–H groups in total. The number of nitrogens with zero attached hydrogens (tertiary/aromatic N) is 2. The maximum absolute atomic E-state index is 13.1. The number of piperazine rings is 1. The molecule has 34 heavy (non-hydrogen) atoms. The summed E-state index contributed by atoms with van der Waals surface area (Å²) >= 11 is 0. The molecule has 0 radical (unpaired) electrons. The first kappa shape index (κ1) is 25.2. The summed E-state index contributed by atoms with van der Waals surface area (Å²) < 4.78 is 11.3. The molecule has 2 aromatic carbocycles. The van der Waals surface area contributed by atoms with Crippen LogP contribution in [0.25, 0.3) is 0 Å². The smallest absolute Gasteiger partial charge is 0.410 e. The van der Waals surface area contributed by atoms with Gasteiger partial charge in [-0.05, 0) is 24.1 Å². The van der Waals surface area contributed by atoms with Crippen molar-refractivity contribution in [2.24, 2.45) is 0 Å².